The fourth-order valence-corrected chi connectivity index (χ4v) is 3.02. The van der Waals surface area contributed by atoms with E-state index in [0.717, 1.165) is 29.6 Å². The summed E-state index contributed by atoms with van der Waals surface area (Å²) in [5.41, 5.74) is 1.62. The van der Waals surface area contributed by atoms with Crippen LogP contribution in [0, 0.1) is 0 Å². The maximum atomic E-state index is 13.0. The number of aromatic nitrogens is 1. The van der Waals surface area contributed by atoms with Crippen molar-refractivity contribution < 1.29 is 13.2 Å². The molecule has 0 radical (unpaired) electrons. The predicted octanol–water partition coefficient (Wildman–Crippen LogP) is 3.07. The van der Waals surface area contributed by atoms with Gasteiger partial charge in [-0.05, 0) is 11.6 Å². The van der Waals surface area contributed by atoms with E-state index in [1.54, 1.807) is 6.20 Å². The van der Waals surface area contributed by atoms with Crippen molar-refractivity contribution in [3.05, 3.63) is 36.0 Å². The topological polar surface area (TPSA) is 31.1 Å². The summed E-state index contributed by atoms with van der Waals surface area (Å²) in [6, 6.07) is 6.89. The fourth-order valence-electron chi connectivity index (χ4n) is 3.02. The Kier molecular flexibility index (Phi) is 3.91. The molecule has 1 aromatic heterocycles. The Morgan fingerprint density at radius 3 is 2.57 bits per heavy atom. The van der Waals surface area contributed by atoms with Crippen LogP contribution < -0.4 is 5.32 Å². The number of nitrogens with one attached hydrogen (secondary N) is 2. The summed E-state index contributed by atoms with van der Waals surface area (Å²) in [6.45, 7) is 2.74. The number of aromatic amines is 1. The van der Waals surface area contributed by atoms with Gasteiger partial charge in [0, 0.05) is 49.3 Å². The van der Waals surface area contributed by atoms with Gasteiger partial charge < -0.3 is 10.3 Å². The number of halogens is 3. The van der Waals surface area contributed by atoms with Crippen LogP contribution in [-0.2, 0) is 0 Å². The molecule has 114 valence electrons. The minimum absolute atomic E-state index is 0.622. The first-order valence-corrected chi connectivity index (χ1v) is 7.12. The van der Waals surface area contributed by atoms with E-state index in [2.05, 4.69) is 10.3 Å². The number of H-pyrrole nitrogens is 1. The summed E-state index contributed by atoms with van der Waals surface area (Å²) < 4.78 is 39.0. The van der Waals surface area contributed by atoms with Crippen LogP contribution in [0.2, 0.25) is 0 Å². The Balaban J connectivity index is 1.97. The molecule has 1 aliphatic rings. The van der Waals surface area contributed by atoms with E-state index >= 15 is 0 Å². The Bertz CT molecular complexity index is 599. The van der Waals surface area contributed by atoms with E-state index in [9.17, 15) is 13.2 Å². The molecule has 2 heterocycles. The Morgan fingerprint density at radius 1 is 1.14 bits per heavy atom. The van der Waals surface area contributed by atoms with Crippen LogP contribution in [0.25, 0.3) is 10.9 Å². The molecule has 0 unspecified atom stereocenters. The van der Waals surface area contributed by atoms with E-state index in [1.807, 2.05) is 29.2 Å². The van der Waals surface area contributed by atoms with Gasteiger partial charge in [-0.1, -0.05) is 18.2 Å². The largest absolute Gasteiger partial charge is 0.390 e. The molecule has 1 fully saturated rings. The highest BCUT2D eigenvalue weighted by Crippen LogP contribution is 2.37. The number of benzene rings is 1. The summed E-state index contributed by atoms with van der Waals surface area (Å²) in [7, 11) is 0. The van der Waals surface area contributed by atoms with Crippen LogP contribution in [0.5, 0.6) is 0 Å². The zero-order valence-corrected chi connectivity index (χ0v) is 11.6. The Hall–Kier alpha value is -1.53. The molecule has 0 spiro atoms. The molecule has 0 amide bonds. The van der Waals surface area contributed by atoms with E-state index in [-0.39, 0.29) is 0 Å². The van der Waals surface area contributed by atoms with Crippen LogP contribution in [0.4, 0.5) is 13.2 Å². The van der Waals surface area contributed by atoms with Gasteiger partial charge in [0.2, 0.25) is 0 Å². The zero-order chi connectivity index (χ0) is 14.9. The molecule has 3 rings (SSSR count). The fraction of sp³-hybridized carbons (Fsp3) is 0.467. The predicted molar refractivity (Wildman–Crippen MR) is 76.2 cm³/mol. The van der Waals surface area contributed by atoms with Gasteiger partial charge in [0.15, 0.2) is 0 Å². The van der Waals surface area contributed by atoms with Crippen LogP contribution >= 0.6 is 0 Å². The molecule has 0 aliphatic carbocycles. The molecule has 21 heavy (non-hydrogen) atoms. The van der Waals surface area contributed by atoms with Gasteiger partial charge in [-0.3, -0.25) is 4.90 Å². The Labute approximate surface area is 121 Å². The molecule has 6 heteroatoms. The second-order valence-corrected chi connectivity index (χ2v) is 5.41. The lowest BCUT2D eigenvalue weighted by Crippen LogP contribution is -2.46. The number of alkyl halides is 3. The molecule has 1 saturated heterocycles. The summed E-state index contributed by atoms with van der Waals surface area (Å²) in [5, 5.41) is 4.06. The number of rotatable bonds is 3. The second-order valence-electron chi connectivity index (χ2n) is 5.41. The monoisotopic (exact) mass is 297 g/mol. The molecule has 0 bridgehead atoms. The average Bonchev–Trinajstić information content (AvgIpc) is 2.89. The SMILES string of the molecule is FC(F)(F)C[C@@H](c1c[nH]c2ccccc12)N1CCNCC1. The zero-order valence-electron chi connectivity index (χ0n) is 11.6. The van der Waals surface area contributed by atoms with Gasteiger partial charge in [0.25, 0.3) is 0 Å². The summed E-state index contributed by atoms with van der Waals surface area (Å²) in [4.78, 5) is 5.01. The number of piperazine rings is 1. The minimum Gasteiger partial charge on any atom is -0.361 e. The number of hydrogen-bond acceptors (Lipinski definition) is 2. The molecule has 2 N–H and O–H groups in total. The molecule has 1 aromatic carbocycles. The number of fused-ring (bicyclic) bond motifs is 1. The van der Waals surface area contributed by atoms with Gasteiger partial charge >= 0.3 is 6.18 Å². The Morgan fingerprint density at radius 2 is 1.86 bits per heavy atom. The molecule has 1 aliphatic heterocycles. The summed E-state index contributed by atoms with van der Waals surface area (Å²) in [6.07, 6.45) is -3.26. The summed E-state index contributed by atoms with van der Waals surface area (Å²) in [5.74, 6) is 0. The van der Waals surface area contributed by atoms with Gasteiger partial charge in [0.05, 0.1) is 6.42 Å². The molecule has 2 aromatic rings. The van der Waals surface area contributed by atoms with E-state index in [4.69, 9.17) is 0 Å². The normalized spacial score (nSPS) is 19.0. The minimum atomic E-state index is -4.17. The smallest absolute Gasteiger partial charge is 0.361 e. The lowest BCUT2D eigenvalue weighted by atomic mass is 10.00. The van der Waals surface area contributed by atoms with Crippen molar-refractivity contribution in [3.8, 4) is 0 Å². The highest BCUT2D eigenvalue weighted by molar-refractivity contribution is 5.83. The number of hydrogen-bond donors (Lipinski definition) is 2. The van der Waals surface area contributed by atoms with Crippen molar-refractivity contribution in [2.24, 2.45) is 0 Å². The molecule has 3 nitrogen and oxygen atoms in total. The van der Waals surface area contributed by atoms with Crippen molar-refractivity contribution in [2.75, 3.05) is 26.2 Å². The maximum Gasteiger partial charge on any atom is 0.390 e. The number of para-hydroxylation sites is 1. The number of nitrogens with zero attached hydrogens (tertiary/aromatic N) is 1. The lowest BCUT2D eigenvalue weighted by molar-refractivity contribution is -0.148. The van der Waals surface area contributed by atoms with E-state index in [1.165, 1.54) is 0 Å². The highest BCUT2D eigenvalue weighted by atomic mass is 19.4. The van der Waals surface area contributed by atoms with Crippen molar-refractivity contribution in [2.45, 2.75) is 18.6 Å². The van der Waals surface area contributed by atoms with Crippen LogP contribution in [0.1, 0.15) is 18.0 Å². The first-order valence-electron chi connectivity index (χ1n) is 7.12. The maximum absolute atomic E-state index is 13.0. The van der Waals surface area contributed by atoms with Gasteiger partial charge in [-0.25, -0.2) is 0 Å². The van der Waals surface area contributed by atoms with Crippen LogP contribution in [0.15, 0.2) is 30.5 Å². The van der Waals surface area contributed by atoms with Crippen LogP contribution in [0.3, 0.4) is 0 Å². The van der Waals surface area contributed by atoms with Gasteiger partial charge in [-0.15, -0.1) is 0 Å². The first kappa shape index (κ1) is 14.4. The van der Waals surface area contributed by atoms with E-state index in [0.29, 0.717) is 13.1 Å². The van der Waals surface area contributed by atoms with Crippen molar-refractivity contribution in [1.82, 2.24) is 15.2 Å². The molecular formula is C15H18F3N3. The quantitative estimate of drug-likeness (QED) is 0.912. The van der Waals surface area contributed by atoms with Crippen LogP contribution in [-0.4, -0.2) is 42.2 Å². The third kappa shape index (κ3) is 3.22. The van der Waals surface area contributed by atoms with E-state index < -0.39 is 18.6 Å². The second kappa shape index (κ2) is 5.69. The van der Waals surface area contributed by atoms with Gasteiger partial charge in [-0.2, -0.15) is 13.2 Å². The third-order valence-corrected chi connectivity index (χ3v) is 4.00. The first-order chi connectivity index (χ1) is 10.0. The highest BCUT2D eigenvalue weighted by Gasteiger charge is 2.36. The van der Waals surface area contributed by atoms with Crippen molar-refractivity contribution in [1.29, 1.82) is 0 Å². The average molecular weight is 297 g/mol. The molecule has 0 saturated carbocycles. The third-order valence-electron chi connectivity index (χ3n) is 4.00. The van der Waals surface area contributed by atoms with Crippen molar-refractivity contribution in [3.63, 3.8) is 0 Å². The van der Waals surface area contributed by atoms with Gasteiger partial charge in [0.1, 0.15) is 0 Å². The molecule has 1 atom stereocenters. The summed E-state index contributed by atoms with van der Waals surface area (Å²) >= 11 is 0. The lowest BCUT2D eigenvalue weighted by Gasteiger charge is -2.35. The standard InChI is InChI=1S/C15H18F3N3/c16-15(17,18)9-14(21-7-5-19-6-8-21)12-10-20-13-4-2-1-3-11(12)13/h1-4,10,14,19-20H,5-9H2/t14-/m0/s1. The molecular weight excluding hydrogens is 279 g/mol. The van der Waals surface area contributed by atoms with Crippen molar-refractivity contribution >= 4 is 10.9 Å².